The van der Waals surface area contributed by atoms with Crippen LogP contribution in [0.25, 0.3) is 0 Å². The third-order valence-corrected chi connectivity index (χ3v) is 9.59. The molecule has 1 aliphatic heterocycles. The smallest absolute Gasteiger partial charge is 0.233 e. The minimum Gasteiger partial charge on any atom is -0.347 e. The average molecular weight is 597 g/mol. The zero-order chi connectivity index (χ0) is 29.2. The van der Waals surface area contributed by atoms with Gasteiger partial charge in [0.25, 0.3) is 0 Å². The number of likely N-dealkylation sites (tertiary alicyclic amines) is 1. The molecule has 0 radical (unpaired) electrons. The van der Waals surface area contributed by atoms with Gasteiger partial charge in [-0.15, -0.1) is 0 Å². The molecule has 2 atom stereocenters. The maximum Gasteiger partial charge on any atom is 0.233 e. The average Bonchev–Trinajstić information content (AvgIpc) is 3.70. The van der Waals surface area contributed by atoms with Crippen LogP contribution in [-0.4, -0.2) is 48.3 Å². The van der Waals surface area contributed by atoms with Crippen molar-refractivity contribution < 1.29 is 14.0 Å². The summed E-state index contributed by atoms with van der Waals surface area (Å²) in [5.74, 6) is -0.111. The van der Waals surface area contributed by atoms with Crippen molar-refractivity contribution in [1.29, 1.82) is 0 Å². The molecule has 0 unspecified atom stereocenters. The molecule has 8 heteroatoms. The zero-order valence-corrected chi connectivity index (χ0v) is 25.0. The zero-order valence-electron chi connectivity index (χ0n) is 23.5. The number of carbonyl (C=O) groups is 2. The monoisotopic (exact) mass is 595 g/mol. The number of rotatable bonds is 9. The van der Waals surface area contributed by atoms with Crippen LogP contribution in [0.4, 0.5) is 4.39 Å². The summed E-state index contributed by atoms with van der Waals surface area (Å²) in [6, 6.07) is 22.0. The summed E-state index contributed by atoms with van der Waals surface area (Å²) in [6.45, 7) is 4.57. The Morgan fingerprint density at radius 1 is 0.976 bits per heavy atom. The Hall–Kier alpha value is -2.93. The predicted octanol–water partition coefficient (Wildman–Crippen LogP) is 6.57. The normalized spacial score (nSPS) is 21.7. The highest BCUT2D eigenvalue weighted by Gasteiger charge is 2.61. The number of carbonyl (C=O) groups excluding carboxylic acids is 2. The van der Waals surface area contributed by atoms with Gasteiger partial charge in [-0.05, 0) is 79.1 Å². The Kier molecular flexibility index (Phi) is 8.74. The van der Waals surface area contributed by atoms with Crippen LogP contribution in [0.3, 0.4) is 0 Å². The molecule has 2 amide bonds. The largest absolute Gasteiger partial charge is 0.347 e. The molecule has 0 bridgehead atoms. The first-order valence-electron chi connectivity index (χ1n) is 14.2. The van der Waals surface area contributed by atoms with Crippen molar-refractivity contribution in [1.82, 2.24) is 15.1 Å². The van der Waals surface area contributed by atoms with Gasteiger partial charge in [-0.1, -0.05) is 71.7 Å². The van der Waals surface area contributed by atoms with Gasteiger partial charge >= 0.3 is 0 Å². The molecule has 1 heterocycles. The number of benzene rings is 3. The van der Waals surface area contributed by atoms with Gasteiger partial charge in [0.15, 0.2) is 0 Å². The first-order chi connectivity index (χ1) is 19.6. The van der Waals surface area contributed by atoms with E-state index in [0.29, 0.717) is 16.6 Å². The van der Waals surface area contributed by atoms with Gasteiger partial charge in [-0.3, -0.25) is 9.59 Å². The molecule has 5 nitrogen and oxygen atoms in total. The van der Waals surface area contributed by atoms with Crippen LogP contribution in [0.5, 0.6) is 0 Å². The van der Waals surface area contributed by atoms with Gasteiger partial charge in [0.2, 0.25) is 11.8 Å². The maximum absolute atomic E-state index is 14.0. The molecule has 1 aliphatic carbocycles. The minimum atomic E-state index is -0.664. The summed E-state index contributed by atoms with van der Waals surface area (Å²) in [7, 11) is 1.80. The van der Waals surface area contributed by atoms with Crippen LogP contribution in [0.2, 0.25) is 10.0 Å². The first kappa shape index (κ1) is 29.6. The number of amides is 2. The van der Waals surface area contributed by atoms with Crippen LogP contribution in [0.1, 0.15) is 49.3 Å². The molecule has 0 spiro atoms. The number of nitrogens with one attached hydrogen (secondary N) is 1. The number of hydrogen-bond acceptors (Lipinski definition) is 3. The fourth-order valence-corrected chi connectivity index (χ4v) is 6.84. The van der Waals surface area contributed by atoms with E-state index < -0.39 is 5.41 Å². The van der Waals surface area contributed by atoms with Crippen molar-refractivity contribution >= 4 is 35.0 Å². The summed E-state index contributed by atoms with van der Waals surface area (Å²) in [5.41, 5.74) is 1.89. The van der Waals surface area contributed by atoms with Crippen molar-refractivity contribution in [3.8, 4) is 0 Å². The summed E-state index contributed by atoms with van der Waals surface area (Å²) < 4.78 is 13.4. The third kappa shape index (κ3) is 6.30. The SMILES string of the molecule is CC(=O)NC1(c2ccccc2)CCN(CC[C@@H]2C[C@@]2(C(=O)N(C)Cc2ccc(F)cc2)c2ccc(Cl)c(Cl)c2)CC1. The van der Waals surface area contributed by atoms with Crippen molar-refractivity contribution in [2.75, 3.05) is 26.7 Å². The van der Waals surface area contributed by atoms with Crippen LogP contribution >= 0.6 is 23.2 Å². The molecular weight excluding hydrogens is 560 g/mol. The quantitative estimate of drug-likeness (QED) is 0.304. The van der Waals surface area contributed by atoms with E-state index in [-0.39, 0.29) is 29.1 Å². The predicted molar refractivity (Wildman–Crippen MR) is 161 cm³/mol. The van der Waals surface area contributed by atoms with E-state index in [4.69, 9.17) is 23.2 Å². The van der Waals surface area contributed by atoms with Gasteiger partial charge in [0.05, 0.1) is 21.0 Å². The molecule has 216 valence electrons. The highest BCUT2D eigenvalue weighted by molar-refractivity contribution is 6.42. The van der Waals surface area contributed by atoms with Gasteiger partial charge < -0.3 is 15.1 Å². The Balaban J connectivity index is 1.28. The van der Waals surface area contributed by atoms with Crippen LogP contribution < -0.4 is 5.32 Å². The van der Waals surface area contributed by atoms with Gasteiger partial charge in [-0.2, -0.15) is 0 Å². The molecule has 5 rings (SSSR count). The van der Waals surface area contributed by atoms with E-state index in [1.165, 1.54) is 12.1 Å². The molecule has 1 saturated carbocycles. The van der Waals surface area contributed by atoms with E-state index >= 15 is 0 Å². The first-order valence-corrected chi connectivity index (χ1v) is 14.9. The fourth-order valence-electron chi connectivity index (χ4n) is 6.54. The summed E-state index contributed by atoms with van der Waals surface area (Å²) in [6.07, 6.45) is 3.27. The molecule has 1 N–H and O–H groups in total. The standard InChI is InChI=1S/C33H36Cl2FN3O2/c1-23(40)37-32(25-6-4-3-5-7-25)15-18-39(19-16-32)17-14-27-21-33(27,26-10-13-29(34)30(35)20-26)31(41)38(2)22-24-8-11-28(36)12-9-24/h3-13,20,27H,14-19,21-22H2,1-2H3,(H,37,40)/t27-,33-/m1/s1. The van der Waals surface area contributed by atoms with Gasteiger partial charge in [0.1, 0.15) is 5.82 Å². The lowest BCUT2D eigenvalue weighted by molar-refractivity contribution is -0.133. The summed E-state index contributed by atoms with van der Waals surface area (Å²) in [4.78, 5) is 30.3. The van der Waals surface area contributed by atoms with Gasteiger partial charge in [-0.25, -0.2) is 4.39 Å². The molecule has 3 aromatic rings. The topological polar surface area (TPSA) is 52.7 Å². The van der Waals surface area contributed by atoms with E-state index in [0.717, 1.165) is 62.0 Å². The second-order valence-electron chi connectivity index (χ2n) is 11.5. The van der Waals surface area contributed by atoms with Crippen molar-refractivity contribution in [2.24, 2.45) is 5.92 Å². The summed E-state index contributed by atoms with van der Waals surface area (Å²) in [5, 5.41) is 4.15. The highest BCUT2D eigenvalue weighted by atomic mass is 35.5. The molecule has 0 aromatic heterocycles. The number of piperidine rings is 1. The number of hydrogen-bond donors (Lipinski definition) is 1. The lowest BCUT2D eigenvalue weighted by Crippen LogP contribution is -2.52. The number of nitrogens with zero attached hydrogens (tertiary/aromatic N) is 2. The molecule has 3 aromatic carbocycles. The Labute approximate surface area is 251 Å². The van der Waals surface area contributed by atoms with E-state index in [1.54, 1.807) is 37.1 Å². The molecule has 2 fully saturated rings. The fraction of sp³-hybridized carbons (Fsp3) is 0.394. The lowest BCUT2D eigenvalue weighted by Gasteiger charge is -2.43. The second kappa shape index (κ2) is 12.1. The van der Waals surface area contributed by atoms with E-state index in [2.05, 4.69) is 22.3 Å². The lowest BCUT2D eigenvalue weighted by atomic mass is 9.80. The van der Waals surface area contributed by atoms with E-state index in [9.17, 15) is 14.0 Å². The third-order valence-electron chi connectivity index (χ3n) is 8.85. The van der Waals surface area contributed by atoms with Crippen molar-refractivity contribution in [2.45, 2.75) is 50.1 Å². The van der Waals surface area contributed by atoms with Gasteiger partial charge in [0, 0.05) is 33.6 Å². The Morgan fingerprint density at radius 3 is 2.29 bits per heavy atom. The maximum atomic E-state index is 14.0. The molecule has 1 saturated heterocycles. The Bertz CT molecular complexity index is 1390. The highest BCUT2D eigenvalue weighted by Crippen LogP contribution is 2.58. The van der Waals surface area contributed by atoms with Crippen molar-refractivity contribution in [3.05, 3.63) is 105 Å². The van der Waals surface area contributed by atoms with E-state index in [1.807, 2.05) is 30.3 Å². The van der Waals surface area contributed by atoms with Crippen LogP contribution in [0.15, 0.2) is 72.8 Å². The van der Waals surface area contributed by atoms with Crippen LogP contribution in [0, 0.1) is 11.7 Å². The molecular formula is C33H36Cl2FN3O2. The minimum absolute atomic E-state index is 0.0186. The molecule has 2 aliphatic rings. The number of halogens is 3. The van der Waals surface area contributed by atoms with Crippen molar-refractivity contribution in [3.63, 3.8) is 0 Å². The summed E-state index contributed by atoms with van der Waals surface area (Å²) >= 11 is 12.6. The molecule has 41 heavy (non-hydrogen) atoms. The van der Waals surface area contributed by atoms with Crippen LogP contribution in [-0.2, 0) is 27.1 Å². The number of likely N-dealkylation sites (N-methyl/N-ethyl adjacent to an activating group) is 1. The Morgan fingerprint density at radius 2 is 1.66 bits per heavy atom. The second-order valence-corrected chi connectivity index (χ2v) is 12.4.